The van der Waals surface area contributed by atoms with Crippen molar-refractivity contribution in [2.45, 2.75) is 71.6 Å². The van der Waals surface area contributed by atoms with Crippen LogP contribution in [0.4, 0.5) is 0 Å². The van der Waals surface area contributed by atoms with Crippen LogP contribution in [0.2, 0.25) is 0 Å². The van der Waals surface area contributed by atoms with Gasteiger partial charge < -0.3 is 19.3 Å². The summed E-state index contributed by atoms with van der Waals surface area (Å²) in [6.45, 7) is 14.1. The molecule has 2 aliphatic heterocycles. The summed E-state index contributed by atoms with van der Waals surface area (Å²) >= 11 is 0. The molecule has 1 N–H and O–H groups in total. The summed E-state index contributed by atoms with van der Waals surface area (Å²) in [5.41, 5.74) is -0.491. The number of aliphatic carboxylic acids is 1. The highest BCUT2D eigenvalue weighted by Crippen LogP contribution is 2.36. The van der Waals surface area contributed by atoms with Crippen LogP contribution in [0, 0.1) is 5.41 Å². The molecule has 3 heterocycles. The van der Waals surface area contributed by atoms with Crippen LogP contribution >= 0.6 is 0 Å². The van der Waals surface area contributed by atoms with Gasteiger partial charge in [-0.15, -0.1) is 0 Å². The Hall–Kier alpha value is -1.38. The van der Waals surface area contributed by atoms with E-state index in [9.17, 15) is 9.90 Å². The molecule has 2 saturated heterocycles. The van der Waals surface area contributed by atoms with E-state index in [4.69, 9.17) is 9.31 Å². The molecular formula is C19H32BN3O4. The fourth-order valence-corrected chi connectivity index (χ4v) is 3.62. The van der Waals surface area contributed by atoms with E-state index in [1.807, 2.05) is 44.8 Å². The van der Waals surface area contributed by atoms with Crippen molar-refractivity contribution in [2.75, 3.05) is 19.6 Å². The standard InChI is InChI=1S/C19H32BN3O4/c1-17(2,16(24)25)13-22-9-7-15(8-10-22)23-12-14(11-21-23)20-26-18(3,4)19(5,6)27-20/h11-12,15H,7-10,13H2,1-6H3,(H,24,25). The van der Waals surface area contributed by atoms with Gasteiger partial charge in [-0.2, -0.15) is 5.10 Å². The molecule has 0 bridgehead atoms. The van der Waals surface area contributed by atoms with Crippen molar-refractivity contribution in [3.63, 3.8) is 0 Å². The largest absolute Gasteiger partial charge is 0.498 e. The molecule has 0 saturated carbocycles. The van der Waals surface area contributed by atoms with Crippen molar-refractivity contribution < 1.29 is 19.2 Å². The summed E-state index contributed by atoms with van der Waals surface area (Å²) in [5, 5.41) is 13.9. The SMILES string of the molecule is CC(C)(CN1CCC(n2cc(B3OC(C)(C)C(C)(C)O3)cn2)CC1)C(=O)O. The van der Waals surface area contributed by atoms with Crippen molar-refractivity contribution in [3.05, 3.63) is 12.4 Å². The number of likely N-dealkylation sites (tertiary alicyclic amines) is 1. The first-order chi connectivity index (χ1) is 12.4. The van der Waals surface area contributed by atoms with Gasteiger partial charge in [0.05, 0.1) is 22.7 Å². The lowest BCUT2D eigenvalue weighted by Gasteiger charge is -2.35. The Labute approximate surface area is 162 Å². The maximum Gasteiger partial charge on any atom is 0.498 e. The number of nitrogens with zero attached hydrogens (tertiary/aromatic N) is 3. The summed E-state index contributed by atoms with van der Waals surface area (Å²) in [4.78, 5) is 13.6. The first-order valence-corrected chi connectivity index (χ1v) is 9.77. The molecule has 0 spiro atoms. The monoisotopic (exact) mass is 377 g/mol. The third kappa shape index (κ3) is 4.07. The first kappa shape index (κ1) is 20.4. The molecule has 27 heavy (non-hydrogen) atoms. The van der Waals surface area contributed by atoms with Gasteiger partial charge in [-0.1, -0.05) is 0 Å². The van der Waals surface area contributed by atoms with E-state index in [1.54, 1.807) is 13.8 Å². The second kappa shape index (κ2) is 6.90. The molecule has 2 fully saturated rings. The summed E-state index contributed by atoms with van der Waals surface area (Å²) in [7, 11) is -0.389. The Morgan fingerprint density at radius 2 is 1.81 bits per heavy atom. The second-order valence-corrected chi connectivity index (χ2v) is 9.54. The molecule has 0 aromatic carbocycles. The smallest absolute Gasteiger partial charge is 0.481 e. The molecule has 0 unspecified atom stereocenters. The van der Waals surface area contributed by atoms with Crippen molar-refractivity contribution in [2.24, 2.45) is 5.41 Å². The molecule has 0 amide bonds. The third-order valence-electron chi connectivity index (χ3n) is 6.28. The van der Waals surface area contributed by atoms with Gasteiger partial charge >= 0.3 is 13.1 Å². The van der Waals surface area contributed by atoms with Crippen LogP contribution in [0.5, 0.6) is 0 Å². The zero-order chi connectivity index (χ0) is 20.0. The number of piperidine rings is 1. The van der Waals surface area contributed by atoms with Gasteiger partial charge in [-0.25, -0.2) is 0 Å². The van der Waals surface area contributed by atoms with E-state index in [0.717, 1.165) is 31.4 Å². The highest BCUT2D eigenvalue weighted by molar-refractivity contribution is 6.62. The van der Waals surface area contributed by atoms with Gasteiger partial charge in [0, 0.05) is 37.5 Å². The summed E-state index contributed by atoms with van der Waals surface area (Å²) in [6, 6.07) is 0.324. The Kier molecular flexibility index (Phi) is 5.20. The zero-order valence-corrected chi connectivity index (χ0v) is 17.4. The van der Waals surface area contributed by atoms with Gasteiger partial charge in [0.2, 0.25) is 0 Å². The van der Waals surface area contributed by atoms with E-state index >= 15 is 0 Å². The maximum absolute atomic E-state index is 11.3. The topological polar surface area (TPSA) is 76.8 Å². The second-order valence-electron chi connectivity index (χ2n) is 9.54. The average molecular weight is 377 g/mol. The fourth-order valence-electron chi connectivity index (χ4n) is 3.62. The van der Waals surface area contributed by atoms with E-state index in [-0.39, 0.29) is 18.3 Å². The lowest BCUT2D eigenvalue weighted by Crippen LogP contribution is -2.43. The first-order valence-electron chi connectivity index (χ1n) is 9.77. The van der Waals surface area contributed by atoms with E-state index < -0.39 is 11.4 Å². The Balaban J connectivity index is 1.59. The minimum atomic E-state index is -0.747. The van der Waals surface area contributed by atoms with Crippen LogP contribution in [0.1, 0.15) is 60.4 Å². The summed E-state index contributed by atoms with van der Waals surface area (Å²) in [6.07, 6.45) is 5.78. The Morgan fingerprint density at radius 3 is 2.33 bits per heavy atom. The van der Waals surface area contributed by atoms with Gasteiger partial charge in [-0.3, -0.25) is 9.48 Å². The number of hydrogen-bond donors (Lipinski definition) is 1. The molecular weight excluding hydrogens is 345 g/mol. The number of carbonyl (C=O) groups is 1. The van der Waals surface area contributed by atoms with Gasteiger partial charge in [-0.05, 0) is 54.4 Å². The van der Waals surface area contributed by atoms with Crippen molar-refractivity contribution >= 4 is 18.6 Å². The number of rotatable bonds is 5. The van der Waals surface area contributed by atoms with E-state index in [1.165, 1.54) is 0 Å². The van der Waals surface area contributed by atoms with Crippen LogP contribution in [0.25, 0.3) is 0 Å². The van der Waals surface area contributed by atoms with E-state index in [0.29, 0.717) is 12.6 Å². The van der Waals surface area contributed by atoms with E-state index in [2.05, 4.69) is 10.00 Å². The Morgan fingerprint density at radius 1 is 1.26 bits per heavy atom. The molecule has 7 nitrogen and oxygen atoms in total. The molecule has 150 valence electrons. The van der Waals surface area contributed by atoms with Gasteiger partial charge in [0.1, 0.15) is 0 Å². The molecule has 2 aliphatic rings. The molecule has 3 rings (SSSR count). The summed E-state index contributed by atoms with van der Waals surface area (Å²) in [5.74, 6) is -0.747. The Bertz CT molecular complexity index is 677. The molecule has 0 aliphatic carbocycles. The van der Waals surface area contributed by atoms with Crippen molar-refractivity contribution in [3.8, 4) is 0 Å². The fraction of sp³-hybridized carbons (Fsp3) is 0.789. The highest BCUT2D eigenvalue weighted by Gasteiger charge is 2.52. The number of carboxylic acid groups (broad SMARTS) is 1. The van der Waals surface area contributed by atoms with Gasteiger partial charge in [0.15, 0.2) is 0 Å². The normalized spacial score (nSPS) is 23.7. The minimum Gasteiger partial charge on any atom is -0.481 e. The molecule has 8 heteroatoms. The van der Waals surface area contributed by atoms with Crippen LogP contribution in [-0.4, -0.2) is 63.7 Å². The van der Waals surface area contributed by atoms with Crippen molar-refractivity contribution in [1.29, 1.82) is 0 Å². The molecule has 1 aromatic heterocycles. The van der Waals surface area contributed by atoms with Crippen LogP contribution in [-0.2, 0) is 14.1 Å². The number of hydrogen-bond acceptors (Lipinski definition) is 5. The molecule has 1 aromatic rings. The minimum absolute atomic E-state index is 0.324. The summed E-state index contributed by atoms with van der Waals surface area (Å²) < 4.78 is 14.2. The van der Waals surface area contributed by atoms with Crippen LogP contribution in [0.3, 0.4) is 0 Å². The zero-order valence-electron chi connectivity index (χ0n) is 17.4. The van der Waals surface area contributed by atoms with Crippen LogP contribution in [0.15, 0.2) is 12.4 Å². The molecule has 0 atom stereocenters. The van der Waals surface area contributed by atoms with Crippen molar-refractivity contribution in [1.82, 2.24) is 14.7 Å². The lowest BCUT2D eigenvalue weighted by atomic mass is 9.82. The average Bonchev–Trinajstić information content (AvgIpc) is 3.11. The lowest BCUT2D eigenvalue weighted by molar-refractivity contribution is -0.148. The third-order valence-corrected chi connectivity index (χ3v) is 6.28. The van der Waals surface area contributed by atoms with Gasteiger partial charge in [0.25, 0.3) is 0 Å². The predicted molar refractivity (Wildman–Crippen MR) is 104 cm³/mol. The van der Waals surface area contributed by atoms with Crippen LogP contribution < -0.4 is 5.46 Å². The predicted octanol–water partition coefficient (Wildman–Crippen LogP) is 1.93. The molecule has 0 radical (unpaired) electrons. The number of carboxylic acids is 1. The number of aromatic nitrogens is 2. The quantitative estimate of drug-likeness (QED) is 0.791. The maximum atomic E-state index is 11.3. The highest BCUT2D eigenvalue weighted by atomic mass is 16.7.